The number of nitrogens with zero attached hydrogens (tertiary/aromatic N) is 2. The first kappa shape index (κ1) is 19.1. The SMILES string of the molecule is Cc1ccc(C(=O)Nc2ccc3oc(-c4cccc(I)c4)nc3c2)cc1[N+](=O)[O-]. The van der Waals surface area contributed by atoms with Gasteiger partial charge < -0.3 is 9.73 Å². The van der Waals surface area contributed by atoms with E-state index in [4.69, 9.17) is 4.42 Å². The molecule has 7 nitrogen and oxygen atoms in total. The van der Waals surface area contributed by atoms with E-state index in [9.17, 15) is 14.9 Å². The van der Waals surface area contributed by atoms with Crippen molar-refractivity contribution >= 4 is 51.0 Å². The molecule has 0 aliphatic rings. The van der Waals surface area contributed by atoms with Crippen molar-refractivity contribution in [3.8, 4) is 11.5 Å². The Morgan fingerprint density at radius 2 is 1.97 bits per heavy atom. The monoisotopic (exact) mass is 499 g/mol. The molecular weight excluding hydrogens is 485 g/mol. The van der Waals surface area contributed by atoms with Gasteiger partial charge in [-0.15, -0.1) is 0 Å². The molecule has 0 atom stereocenters. The maximum Gasteiger partial charge on any atom is 0.273 e. The molecule has 1 amide bonds. The number of halogens is 1. The molecule has 1 aromatic heterocycles. The van der Waals surface area contributed by atoms with Crippen molar-refractivity contribution in [2.75, 3.05) is 5.32 Å². The number of hydrogen-bond acceptors (Lipinski definition) is 5. The van der Waals surface area contributed by atoms with Crippen LogP contribution < -0.4 is 5.32 Å². The second-order valence-electron chi connectivity index (χ2n) is 6.42. The van der Waals surface area contributed by atoms with Gasteiger partial charge in [0.25, 0.3) is 11.6 Å². The van der Waals surface area contributed by atoms with Crippen molar-refractivity contribution in [2.45, 2.75) is 6.92 Å². The third-order valence-corrected chi connectivity index (χ3v) is 5.06. The number of carbonyl (C=O) groups is 1. The van der Waals surface area contributed by atoms with Gasteiger partial charge in [-0.2, -0.15) is 0 Å². The van der Waals surface area contributed by atoms with Crippen molar-refractivity contribution in [3.05, 3.63) is 85.5 Å². The molecule has 29 heavy (non-hydrogen) atoms. The number of oxazole rings is 1. The molecule has 0 spiro atoms. The molecule has 3 aromatic carbocycles. The van der Waals surface area contributed by atoms with E-state index in [1.54, 1.807) is 37.3 Å². The lowest BCUT2D eigenvalue weighted by Gasteiger charge is -2.06. The molecular formula is C21H14IN3O4. The van der Waals surface area contributed by atoms with Crippen LogP contribution in [0.25, 0.3) is 22.6 Å². The Bertz CT molecular complexity index is 1270. The van der Waals surface area contributed by atoms with Crippen LogP contribution in [0.3, 0.4) is 0 Å². The zero-order chi connectivity index (χ0) is 20.5. The highest BCUT2D eigenvalue weighted by atomic mass is 127. The summed E-state index contributed by atoms with van der Waals surface area (Å²) in [6.45, 7) is 1.63. The summed E-state index contributed by atoms with van der Waals surface area (Å²) in [4.78, 5) is 27.6. The fraction of sp³-hybridized carbons (Fsp3) is 0.0476. The van der Waals surface area contributed by atoms with E-state index in [2.05, 4.69) is 32.9 Å². The Balaban J connectivity index is 1.61. The minimum absolute atomic E-state index is 0.0910. The van der Waals surface area contributed by atoms with Gasteiger partial charge in [0, 0.05) is 32.0 Å². The molecule has 0 radical (unpaired) electrons. The first-order valence-electron chi connectivity index (χ1n) is 8.63. The van der Waals surface area contributed by atoms with Gasteiger partial charge >= 0.3 is 0 Å². The maximum atomic E-state index is 12.5. The first-order chi connectivity index (χ1) is 13.9. The van der Waals surface area contributed by atoms with Crippen LogP contribution in [-0.2, 0) is 0 Å². The Hall–Kier alpha value is -3.27. The Morgan fingerprint density at radius 3 is 2.72 bits per heavy atom. The highest BCUT2D eigenvalue weighted by Crippen LogP contribution is 2.27. The van der Waals surface area contributed by atoms with Gasteiger partial charge in [-0.25, -0.2) is 4.98 Å². The maximum absolute atomic E-state index is 12.5. The minimum Gasteiger partial charge on any atom is -0.436 e. The van der Waals surface area contributed by atoms with Crippen LogP contribution in [-0.4, -0.2) is 15.8 Å². The predicted octanol–water partition coefficient (Wildman–Crippen LogP) is 5.57. The van der Waals surface area contributed by atoms with E-state index in [1.165, 1.54) is 6.07 Å². The second-order valence-corrected chi connectivity index (χ2v) is 7.67. The zero-order valence-electron chi connectivity index (χ0n) is 15.2. The summed E-state index contributed by atoms with van der Waals surface area (Å²) >= 11 is 2.22. The molecule has 0 aliphatic carbocycles. The molecule has 0 unspecified atom stereocenters. The molecule has 0 saturated heterocycles. The third kappa shape index (κ3) is 3.97. The Kier molecular flexibility index (Phi) is 5.01. The molecule has 8 heteroatoms. The fourth-order valence-electron chi connectivity index (χ4n) is 2.90. The lowest BCUT2D eigenvalue weighted by atomic mass is 10.1. The Labute approximate surface area is 179 Å². The molecule has 0 bridgehead atoms. The van der Waals surface area contributed by atoms with Crippen LogP contribution in [0, 0.1) is 20.6 Å². The smallest absolute Gasteiger partial charge is 0.273 e. The van der Waals surface area contributed by atoms with E-state index < -0.39 is 10.8 Å². The molecule has 1 N–H and O–H groups in total. The lowest BCUT2D eigenvalue weighted by Crippen LogP contribution is -2.12. The predicted molar refractivity (Wildman–Crippen MR) is 118 cm³/mol. The number of benzene rings is 3. The molecule has 4 rings (SSSR count). The topological polar surface area (TPSA) is 98.3 Å². The number of anilines is 1. The normalized spacial score (nSPS) is 10.8. The second kappa shape index (κ2) is 7.63. The number of amides is 1. The minimum atomic E-state index is -0.500. The van der Waals surface area contributed by atoms with Crippen molar-refractivity contribution in [1.29, 1.82) is 0 Å². The van der Waals surface area contributed by atoms with Gasteiger partial charge in [-0.05, 0) is 72.0 Å². The molecule has 0 saturated carbocycles. The van der Waals surface area contributed by atoms with Gasteiger partial charge in [-0.3, -0.25) is 14.9 Å². The summed E-state index contributed by atoms with van der Waals surface area (Å²) in [5, 5.41) is 13.8. The van der Waals surface area contributed by atoms with Gasteiger partial charge in [0.2, 0.25) is 5.89 Å². The van der Waals surface area contributed by atoms with E-state index >= 15 is 0 Å². The number of carbonyl (C=O) groups excluding carboxylic acids is 1. The van der Waals surface area contributed by atoms with Crippen molar-refractivity contribution in [3.63, 3.8) is 0 Å². The number of nitro benzene ring substituents is 1. The fourth-order valence-corrected chi connectivity index (χ4v) is 3.44. The number of fused-ring (bicyclic) bond motifs is 1. The van der Waals surface area contributed by atoms with E-state index in [0.29, 0.717) is 28.2 Å². The largest absolute Gasteiger partial charge is 0.436 e. The van der Waals surface area contributed by atoms with Crippen LogP contribution in [0.1, 0.15) is 15.9 Å². The highest BCUT2D eigenvalue weighted by molar-refractivity contribution is 14.1. The summed E-state index contributed by atoms with van der Waals surface area (Å²) in [5.74, 6) is 0.0601. The van der Waals surface area contributed by atoms with E-state index in [0.717, 1.165) is 9.13 Å². The highest BCUT2D eigenvalue weighted by Gasteiger charge is 2.16. The standard InChI is InChI=1S/C21H14IN3O4/c1-12-5-6-13(10-18(12)25(27)28)20(26)23-16-7-8-19-17(11-16)24-21(29-19)14-3-2-4-15(22)9-14/h2-11H,1H3,(H,23,26). The van der Waals surface area contributed by atoms with E-state index in [1.807, 2.05) is 24.3 Å². The summed E-state index contributed by atoms with van der Waals surface area (Å²) in [7, 11) is 0. The van der Waals surface area contributed by atoms with Gasteiger partial charge in [0.05, 0.1) is 4.92 Å². The van der Waals surface area contributed by atoms with Gasteiger partial charge in [0.15, 0.2) is 5.58 Å². The lowest BCUT2D eigenvalue weighted by molar-refractivity contribution is -0.385. The number of rotatable bonds is 4. The van der Waals surface area contributed by atoms with Crippen LogP contribution in [0.15, 0.2) is 65.1 Å². The van der Waals surface area contributed by atoms with Crippen molar-refractivity contribution < 1.29 is 14.1 Å². The number of aromatic nitrogens is 1. The summed E-state index contributed by atoms with van der Waals surface area (Å²) < 4.78 is 6.88. The molecule has 4 aromatic rings. The van der Waals surface area contributed by atoms with Crippen molar-refractivity contribution in [2.24, 2.45) is 0 Å². The van der Waals surface area contributed by atoms with Crippen LogP contribution >= 0.6 is 22.6 Å². The van der Waals surface area contributed by atoms with Crippen LogP contribution in [0.2, 0.25) is 0 Å². The number of nitrogens with one attached hydrogen (secondary N) is 1. The summed E-state index contributed by atoms with van der Waals surface area (Å²) in [6, 6.07) is 17.3. The quantitative estimate of drug-likeness (QED) is 0.225. The van der Waals surface area contributed by atoms with E-state index in [-0.39, 0.29) is 11.3 Å². The first-order valence-corrected chi connectivity index (χ1v) is 9.71. The van der Waals surface area contributed by atoms with Crippen molar-refractivity contribution in [1.82, 2.24) is 4.98 Å². The number of nitro groups is 1. The summed E-state index contributed by atoms with van der Waals surface area (Å²) in [5.41, 5.74) is 3.21. The molecule has 0 aliphatic heterocycles. The number of hydrogen-bond donors (Lipinski definition) is 1. The molecule has 1 heterocycles. The molecule has 144 valence electrons. The van der Waals surface area contributed by atoms with Crippen LogP contribution in [0.4, 0.5) is 11.4 Å². The third-order valence-electron chi connectivity index (χ3n) is 4.39. The summed E-state index contributed by atoms with van der Waals surface area (Å²) in [6.07, 6.45) is 0. The average Bonchev–Trinajstić information content (AvgIpc) is 3.11. The van der Waals surface area contributed by atoms with Gasteiger partial charge in [0.1, 0.15) is 5.52 Å². The number of aryl methyl sites for hydroxylation is 1. The zero-order valence-corrected chi connectivity index (χ0v) is 17.3. The van der Waals surface area contributed by atoms with Crippen LogP contribution in [0.5, 0.6) is 0 Å². The van der Waals surface area contributed by atoms with Gasteiger partial charge in [-0.1, -0.05) is 12.1 Å². The Morgan fingerprint density at radius 1 is 1.14 bits per heavy atom. The molecule has 0 fully saturated rings. The average molecular weight is 499 g/mol.